The minimum atomic E-state index is -0.489. The van der Waals surface area contributed by atoms with E-state index < -0.39 is 5.97 Å². The van der Waals surface area contributed by atoms with Crippen LogP contribution >= 0.6 is 11.3 Å². The number of esters is 1. The number of ether oxygens (including phenoxy) is 2. The van der Waals surface area contributed by atoms with Gasteiger partial charge >= 0.3 is 5.97 Å². The van der Waals surface area contributed by atoms with Crippen molar-refractivity contribution in [1.29, 1.82) is 0 Å². The second-order valence-corrected chi connectivity index (χ2v) is 4.99. The summed E-state index contributed by atoms with van der Waals surface area (Å²) in [7, 11) is 0. The Kier molecular flexibility index (Phi) is 5.78. The highest BCUT2D eigenvalue weighted by Crippen LogP contribution is 2.08. The molecule has 0 spiro atoms. The lowest BCUT2D eigenvalue weighted by molar-refractivity contribution is -0.143. The molecule has 0 fully saturated rings. The Hall–Kier alpha value is -2.34. The maximum atomic E-state index is 11.6. The minimum absolute atomic E-state index is 0.141. The summed E-state index contributed by atoms with van der Waals surface area (Å²) in [4.78, 5) is 23.6. The van der Waals surface area contributed by atoms with Crippen LogP contribution in [-0.4, -0.2) is 31.6 Å². The van der Waals surface area contributed by atoms with Gasteiger partial charge in [0.25, 0.3) is 5.91 Å². The van der Waals surface area contributed by atoms with Crippen LogP contribution in [0.15, 0.2) is 47.8 Å². The van der Waals surface area contributed by atoms with Gasteiger partial charge in [0, 0.05) is 0 Å². The third-order valence-electron chi connectivity index (χ3n) is 2.50. The summed E-state index contributed by atoms with van der Waals surface area (Å²) < 4.78 is 10.3. The Morgan fingerprint density at radius 3 is 2.57 bits per heavy atom. The predicted octanol–water partition coefficient (Wildman–Crippen LogP) is 2.10. The molecule has 0 saturated carbocycles. The van der Waals surface area contributed by atoms with Crippen LogP contribution in [0.4, 0.5) is 0 Å². The van der Waals surface area contributed by atoms with Gasteiger partial charge in [-0.3, -0.25) is 9.59 Å². The molecular formula is C15H15NO4S. The van der Waals surface area contributed by atoms with E-state index in [2.05, 4.69) is 5.32 Å². The highest BCUT2D eigenvalue weighted by Gasteiger charge is 2.09. The van der Waals surface area contributed by atoms with Crippen molar-refractivity contribution in [2.75, 3.05) is 19.8 Å². The fraction of sp³-hybridized carbons (Fsp3) is 0.200. The monoisotopic (exact) mass is 305 g/mol. The maximum Gasteiger partial charge on any atom is 0.325 e. The van der Waals surface area contributed by atoms with E-state index in [9.17, 15) is 9.59 Å². The smallest absolute Gasteiger partial charge is 0.325 e. The molecule has 1 heterocycles. The third kappa shape index (κ3) is 5.27. The summed E-state index contributed by atoms with van der Waals surface area (Å²) in [5, 5.41) is 4.30. The molecule has 0 aliphatic carbocycles. The first-order valence-corrected chi connectivity index (χ1v) is 7.29. The molecule has 2 rings (SSSR count). The van der Waals surface area contributed by atoms with Crippen LogP contribution in [0.5, 0.6) is 5.75 Å². The molecule has 1 aromatic heterocycles. The average molecular weight is 305 g/mol. The van der Waals surface area contributed by atoms with Crippen molar-refractivity contribution in [3.63, 3.8) is 0 Å². The van der Waals surface area contributed by atoms with Crippen molar-refractivity contribution in [2.45, 2.75) is 0 Å². The first-order chi connectivity index (χ1) is 10.3. The fourth-order valence-electron chi connectivity index (χ4n) is 1.53. The van der Waals surface area contributed by atoms with Crippen molar-refractivity contribution in [3.05, 3.63) is 52.7 Å². The van der Waals surface area contributed by atoms with Gasteiger partial charge in [-0.2, -0.15) is 0 Å². The highest BCUT2D eigenvalue weighted by molar-refractivity contribution is 7.12. The van der Waals surface area contributed by atoms with Crippen LogP contribution in [-0.2, 0) is 9.53 Å². The number of carbonyl (C=O) groups excluding carboxylic acids is 2. The molecule has 1 N–H and O–H groups in total. The summed E-state index contributed by atoms with van der Waals surface area (Å²) in [5.41, 5.74) is 0. The second kappa shape index (κ2) is 8.06. The lowest BCUT2D eigenvalue weighted by atomic mass is 10.3. The quantitative estimate of drug-likeness (QED) is 0.628. The zero-order valence-corrected chi connectivity index (χ0v) is 12.1. The zero-order valence-electron chi connectivity index (χ0n) is 11.3. The average Bonchev–Trinajstić information content (AvgIpc) is 3.05. The van der Waals surface area contributed by atoms with Crippen molar-refractivity contribution >= 4 is 23.2 Å². The first-order valence-electron chi connectivity index (χ1n) is 6.41. The molecule has 5 nitrogen and oxygen atoms in total. The summed E-state index contributed by atoms with van der Waals surface area (Å²) in [6.07, 6.45) is 0. The van der Waals surface area contributed by atoms with Crippen LogP contribution < -0.4 is 10.1 Å². The van der Waals surface area contributed by atoms with E-state index in [0.717, 1.165) is 5.75 Å². The van der Waals surface area contributed by atoms with Gasteiger partial charge in [0.2, 0.25) is 0 Å². The number of amides is 1. The molecular weight excluding hydrogens is 290 g/mol. The summed E-state index contributed by atoms with van der Waals surface area (Å²) in [6.45, 7) is 0.263. The van der Waals surface area contributed by atoms with Crippen LogP contribution in [0.2, 0.25) is 0 Å². The molecule has 0 saturated heterocycles. The number of benzene rings is 1. The van der Waals surface area contributed by atoms with E-state index in [1.165, 1.54) is 11.3 Å². The molecule has 0 radical (unpaired) electrons. The van der Waals surface area contributed by atoms with Crippen LogP contribution in [0, 0.1) is 0 Å². The molecule has 0 unspecified atom stereocenters. The predicted molar refractivity (Wildman–Crippen MR) is 79.5 cm³/mol. The van der Waals surface area contributed by atoms with Crippen LogP contribution in [0.1, 0.15) is 9.67 Å². The molecule has 110 valence electrons. The van der Waals surface area contributed by atoms with Crippen LogP contribution in [0.3, 0.4) is 0 Å². The van der Waals surface area contributed by atoms with Gasteiger partial charge in [-0.15, -0.1) is 11.3 Å². The number of para-hydroxylation sites is 1. The molecule has 1 amide bonds. The van der Waals surface area contributed by atoms with E-state index in [1.807, 2.05) is 30.3 Å². The third-order valence-corrected chi connectivity index (χ3v) is 3.37. The van der Waals surface area contributed by atoms with Crippen molar-refractivity contribution in [2.24, 2.45) is 0 Å². The standard InChI is InChI=1S/C15H15NO4S/c17-14(11-16-15(18)13-7-4-10-21-13)20-9-8-19-12-5-2-1-3-6-12/h1-7,10H,8-9,11H2,(H,16,18). The van der Waals surface area contributed by atoms with E-state index in [1.54, 1.807) is 17.5 Å². The first kappa shape index (κ1) is 15.1. The van der Waals surface area contributed by atoms with Crippen molar-refractivity contribution in [3.8, 4) is 5.75 Å². The number of thiophene rings is 1. The lowest BCUT2D eigenvalue weighted by Crippen LogP contribution is -2.30. The normalized spacial score (nSPS) is 9.90. The number of carbonyl (C=O) groups is 2. The summed E-state index contributed by atoms with van der Waals surface area (Å²) >= 11 is 1.32. The number of hydrogen-bond donors (Lipinski definition) is 1. The SMILES string of the molecule is O=C(CNC(=O)c1cccs1)OCCOc1ccccc1. The maximum absolute atomic E-state index is 11.6. The Morgan fingerprint density at radius 2 is 1.86 bits per heavy atom. The Balaban J connectivity index is 1.59. The number of rotatable bonds is 7. The highest BCUT2D eigenvalue weighted by atomic mass is 32.1. The molecule has 1 aromatic carbocycles. The van der Waals surface area contributed by atoms with Crippen molar-refractivity contribution in [1.82, 2.24) is 5.32 Å². The molecule has 0 atom stereocenters. The molecule has 2 aromatic rings. The van der Waals surface area contributed by atoms with Gasteiger partial charge in [-0.1, -0.05) is 24.3 Å². The van der Waals surface area contributed by atoms with Gasteiger partial charge in [0.1, 0.15) is 25.5 Å². The summed E-state index contributed by atoms with van der Waals surface area (Å²) in [5.74, 6) is -0.0430. The Bertz CT molecular complexity index is 569. The Morgan fingerprint density at radius 1 is 1.05 bits per heavy atom. The van der Waals surface area contributed by atoms with Gasteiger partial charge < -0.3 is 14.8 Å². The van der Waals surface area contributed by atoms with E-state index >= 15 is 0 Å². The zero-order chi connectivity index (χ0) is 14.9. The van der Waals surface area contributed by atoms with E-state index in [4.69, 9.17) is 9.47 Å². The molecule has 0 aliphatic rings. The lowest BCUT2D eigenvalue weighted by Gasteiger charge is -2.07. The van der Waals surface area contributed by atoms with E-state index in [0.29, 0.717) is 4.88 Å². The molecule has 0 aliphatic heterocycles. The molecule has 0 bridgehead atoms. The molecule has 6 heteroatoms. The molecule has 21 heavy (non-hydrogen) atoms. The van der Waals surface area contributed by atoms with Gasteiger partial charge in [-0.25, -0.2) is 0 Å². The fourth-order valence-corrected chi connectivity index (χ4v) is 2.17. The summed E-state index contributed by atoms with van der Waals surface area (Å²) in [6, 6.07) is 12.7. The largest absolute Gasteiger partial charge is 0.490 e. The van der Waals surface area contributed by atoms with Crippen molar-refractivity contribution < 1.29 is 19.1 Å². The van der Waals surface area contributed by atoms with Crippen LogP contribution in [0.25, 0.3) is 0 Å². The Labute approximate surface area is 126 Å². The second-order valence-electron chi connectivity index (χ2n) is 4.04. The van der Waals surface area contributed by atoms with Gasteiger partial charge in [0.05, 0.1) is 4.88 Å². The number of nitrogens with one attached hydrogen (secondary N) is 1. The topological polar surface area (TPSA) is 64.6 Å². The number of hydrogen-bond acceptors (Lipinski definition) is 5. The van der Waals surface area contributed by atoms with E-state index in [-0.39, 0.29) is 25.7 Å². The van der Waals surface area contributed by atoms with Gasteiger partial charge in [-0.05, 0) is 23.6 Å². The minimum Gasteiger partial charge on any atom is -0.490 e. The van der Waals surface area contributed by atoms with Gasteiger partial charge in [0.15, 0.2) is 0 Å².